The first-order valence-electron chi connectivity index (χ1n) is 4.09. The molecule has 0 saturated carbocycles. The van der Waals surface area contributed by atoms with E-state index in [1.807, 2.05) is 0 Å². The van der Waals surface area contributed by atoms with Crippen LogP contribution in [0.2, 0.25) is 0 Å². The lowest BCUT2D eigenvalue weighted by atomic mass is 9.98. The van der Waals surface area contributed by atoms with Crippen molar-refractivity contribution >= 4 is 5.78 Å². The first-order valence-corrected chi connectivity index (χ1v) is 4.09. The van der Waals surface area contributed by atoms with Crippen LogP contribution in [0.5, 0.6) is 0 Å². The third kappa shape index (κ3) is 3.26. The number of hydrogen-bond donors (Lipinski definition) is 1. The Morgan fingerprint density at radius 1 is 1.43 bits per heavy atom. The van der Waals surface area contributed by atoms with E-state index >= 15 is 0 Å². The number of ether oxygens (including phenoxy) is 1. The minimum Gasteiger partial charge on any atom is -0.371 e. The molecule has 0 aromatic rings. The van der Waals surface area contributed by atoms with Gasteiger partial charge in [0.2, 0.25) is 0 Å². The summed E-state index contributed by atoms with van der Waals surface area (Å²) in [6.45, 7) is 3.26. The molecule has 0 aliphatic heterocycles. The average molecular weight is 213 g/mol. The van der Waals surface area contributed by atoms with Crippen LogP contribution in [0.1, 0.15) is 20.8 Å². The SMILES string of the molecule is CC(C)OCC(=O)C(C)(N)C(F)(F)F. The zero-order valence-electron chi connectivity index (χ0n) is 8.31. The minimum atomic E-state index is -4.75. The molecule has 0 spiro atoms. The Morgan fingerprint density at radius 2 is 1.86 bits per heavy atom. The van der Waals surface area contributed by atoms with Crippen LogP contribution in [0.15, 0.2) is 0 Å². The normalized spacial score (nSPS) is 16.9. The number of Topliss-reactive ketones (excluding diaryl/α,β-unsaturated/α-hetero) is 1. The molecule has 0 aromatic carbocycles. The highest BCUT2D eigenvalue weighted by molar-refractivity contribution is 5.89. The highest BCUT2D eigenvalue weighted by Crippen LogP contribution is 2.28. The molecule has 0 heterocycles. The molecule has 6 heteroatoms. The molecule has 1 unspecified atom stereocenters. The summed E-state index contributed by atoms with van der Waals surface area (Å²) in [5, 5.41) is 0. The Hall–Kier alpha value is -0.620. The number of carbonyl (C=O) groups excluding carboxylic acids is 1. The maximum atomic E-state index is 12.2. The van der Waals surface area contributed by atoms with Crippen LogP contribution in [0.25, 0.3) is 0 Å². The van der Waals surface area contributed by atoms with E-state index in [9.17, 15) is 18.0 Å². The number of ketones is 1. The van der Waals surface area contributed by atoms with Crippen molar-refractivity contribution in [3.05, 3.63) is 0 Å². The second-order valence-corrected chi connectivity index (χ2v) is 3.48. The van der Waals surface area contributed by atoms with Crippen LogP contribution in [-0.4, -0.2) is 30.2 Å². The third-order valence-corrected chi connectivity index (χ3v) is 1.72. The van der Waals surface area contributed by atoms with E-state index in [1.54, 1.807) is 13.8 Å². The smallest absolute Gasteiger partial charge is 0.371 e. The van der Waals surface area contributed by atoms with Crippen molar-refractivity contribution in [3.63, 3.8) is 0 Å². The van der Waals surface area contributed by atoms with Gasteiger partial charge in [-0.25, -0.2) is 0 Å². The molecule has 84 valence electrons. The molecule has 3 nitrogen and oxygen atoms in total. The van der Waals surface area contributed by atoms with Crippen LogP contribution < -0.4 is 5.73 Å². The largest absolute Gasteiger partial charge is 0.413 e. The molecule has 0 aliphatic rings. The zero-order chi connectivity index (χ0) is 11.6. The lowest BCUT2D eigenvalue weighted by Crippen LogP contribution is -2.58. The Labute approximate surface area is 80.4 Å². The van der Waals surface area contributed by atoms with Gasteiger partial charge in [0, 0.05) is 0 Å². The predicted molar refractivity (Wildman–Crippen MR) is 44.7 cm³/mol. The topological polar surface area (TPSA) is 52.3 Å². The summed E-state index contributed by atoms with van der Waals surface area (Å²) >= 11 is 0. The highest BCUT2D eigenvalue weighted by Gasteiger charge is 2.53. The van der Waals surface area contributed by atoms with Gasteiger partial charge in [0.05, 0.1) is 6.10 Å². The lowest BCUT2D eigenvalue weighted by Gasteiger charge is -2.26. The molecule has 0 amide bonds. The van der Waals surface area contributed by atoms with E-state index in [1.165, 1.54) is 0 Å². The first-order chi connectivity index (χ1) is 6.09. The van der Waals surface area contributed by atoms with Gasteiger partial charge >= 0.3 is 6.18 Å². The van der Waals surface area contributed by atoms with Crippen molar-refractivity contribution < 1.29 is 22.7 Å². The second-order valence-electron chi connectivity index (χ2n) is 3.48. The van der Waals surface area contributed by atoms with Gasteiger partial charge in [0.25, 0.3) is 0 Å². The molecule has 14 heavy (non-hydrogen) atoms. The van der Waals surface area contributed by atoms with Crippen molar-refractivity contribution in [3.8, 4) is 0 Å². The number of nitrogens with two attached hydrogens (primary N) is 1. The van der Waals surface area contributed by atoms with E-state index < -0.39 is 24.1 Å². The van der Waals surface area contributed by atoms with E-state index in [2.05, 4.69) is 0 Å². The summed E-state index contributed by atoms with van der Waals surface area (Å²) in [5.41, 5.74) is 2.04. The van der Waals surface area contributed by atoms with Crippen LogP contribution in [0.3, 0.4) is 0 Å². The van der Waals surface area contributed by atoms with Gasteiger partial charge in [0.1, 0.15) is 6.61 Å². The summed E-state index contributed by atoms with van der Waals surface area (Å²) in [6, 6.07) is 0. The van der Waals surface area contributed by atoms with Crippen molar-refractivity contribution in [2.75, 3.05) is 6.61 Å². The van der Waals surface area contributed by atoms with E-state index in [0.717, 1.165) is 0 Å². The fourth-order valence-corrected chi connectivity index (χ4v) is 0.550. The quantitative estimate of drug-likeness (QED) is 0.764. The Morgan fingerprint density at radius 3 is 2.14 bits per heavy atom. The Balaban J connectivity index is 4.38. The molecule has 1 atom stereocenters. The number of rotatable bonds is 4. The second kappa shape index (κ2) is 4.27. The summed E-state index contributed by atoms with van der Waals surface area (Å²) in [5.74, 6) is -1.17. The fourth-order valence-electron chi connectivity index (χ4n) is 0.550. The highest BCUT2D eigenvalue weighted by atomic mass is 19.4. The summed E-state index contributed by atoms with van der Waals surface area (Å²) < 4.78 is 41.4. The van der Waals surface area contributed by atoms with Crippen LogP contribution in [-0.2, 0) is 9.53 Å². The number of halogens is 3. The monoisotopic (exact) mass is 213 g/mol. The molecule has 0 aromatic heterocycles. The van der Waals surface area contributed by atoms with Crippen LogP contribution in [0, 0.1) is 0 Å². The van der Waals surface area contributed by atoms with Crippen molar-refractivity contribution in [1.29, 1.82) is 0 Å². The molecule has 0 rings (SSSR count). The standard InChI is InChI=1S/C8H14F3NO2/c1-5(2)14-4-6(13)7(3,12)8(9,10)11/h5H,4,12H2,1-3H3. The minimum absolute atomic E-state index is 0.303. The third-order valence-electron chi connectivity index (χ3n) is 1.72. The van der Waals surface area contributed by atoms with E-state index in [-0.39, 0.29) is 6.10 Å². The maximum absolute atomic E-state index is 12.2. The first kappa shape index (κ1) is 13.4. The summed E-state index contributed by atoms with van der Waals surface area (Å²) in [6.07, 6.45) is -5.05. The fraction of sp³-hybridized carbons (Fsp3) is 0.875. The van der Waals surface area contributed by atoms with Gasteiger partial charge < -0.3 is 10.5 Å². The van der Waals surface area contributed by atoms with Crippen molar-refractivity contribution in [1.82, 2.24) is 0 Å². The summed E-state index contributed by atoms with van der Waals surface area (Å²) in [4.78, 5) is 11.0. The number of carbonyl (C=O) groups is 1. The molecule has 0 radical (unpaired) electrons. The molecular weight excluding hydrogens is 199 g/mol. The molecule has 0 bridgehead atoms. The average Bonchev–Trinajstić information content (AvgIpc) is 1.97. The molecule has 2 N–H and O–H groups in total. The summed E-state index contributed by atoms with van der Waals surface area (Å²) in [7, 11) is 0. The van der Waals surface area contributed by atoms with E-state index in [0.29, 0.717) is 6.92 Å². The van der Waals surface area contributed by atoms with Gasteiger partial charge in [-0.15, -0.1) is 0 Å². The van der Waals surface area contributed by atoms with E-state index in [4.69, 9.17) is 10.5 Å². The molecule has 0 aliphatic carbocycles. The maximum Gasteiger partial charge on any atom is 0.413 e. The van der Waals surface area contributed by atoms with Gasteiger partial charge in [0.15, 0.2) is 11.3 Å². The molecule has 0 saturated heterocycles. The van der Waals surface area contributed by atoms with Gasteiger partial charge in [-0.3, -0.25) is 4.79 Å². The Bertz CT molecular complexity index is 211. The van der Waals surface area contributed by atoms with Gasteiger partial charge in [-0.1, -0.05) is 0 Å². The Kier molecular flexibility index (Phi) is 4.08. The lowest BCUT2D eigenvalue weighted by molar-refractivity contribution is -0.188. The predicted octanol–water partition coefficient (Wildman–Crippen LogP) is 1.26. The van der Waals surface area contributed by atoms with Crippen LogP contribution >= 0.6 is 0 Å². The molecular formula is C8H14F3NO2. The van der Waals surface area contributed by atoms with Gasteiger partial charge in [-0.05, 0) is 20.8 Å². The number of alkyl halides is 3. The van der Waals surface area contributed by atoms with Gasteiger partial charge in [-0.2, -0.15) is 13.2 Å². The van der Waals surface area contributed by atoms with Crippen LogP contribution in [0.4, 0.5) is 13.2 Å². The zero-order valence-corrected chi connectivity index (χ0v) is 8.31. The van der Waals surface area contributed by atoms with Crippen molar-refractivity contribution in [2.45, 2.75) is 38.6 Å². The molecule has 0 fully saturated rings. The number of hydrogen-bond acceptors (Lipinski definition) is 3. The van der Waals surface area contributed by atoms with Crippen molar-refractivity contribution in [2.24, 2.45) is 5.73 Å².